The van der Waals surface area contributed by atoms with Crippen molar-refractivity contribution in [2.24, 2.45) is 0 Å². The summed E-state index contributed by atoms with van der Waals surface area (Å²) in [6, 6.07) is 7.18. The molecule has 3 unspecified atom stereocenters. The van der Waals surface area contributed by atoms with Crippen molar-refractivity contribution in [1.82, 2.24) is 4.90 Å². The first-order valence-corrected chi connectivity index (χ1v) is 7.17. The number of likely N-dealkylation sites (tertiary alicyclic amines) is 1. The van der Waals surface area contributed by atoms with Crippen LogP contribution in [0.15, 0.2) is 24.3 Å². The normalized spacial score (nSPS) is 25.4. The molecule has 20 heavy (non-hydrogen) atoms. The highest BCUT2D eigenvalue weighted by Crippen LogP contribution is 2.26. The minimum atomic E-state index is -0.683. The predicted octanol–water partition coefficient (Wildman–Crippen LogP) is 2.89. The topological polar surface area (TPSA) is 66.6 Å². The molecular weight excluding hydrogens is 256 g/mol. The van der Waals surface area contributed by atoms with Crippen molar-refractivity contribution in [3.05, 3.63) is 39.9 Å². The summed E-state index contributed by atoms with van der Waals surface area (Å²) in [5.41, 5.74) is 0.644. The van der Waals surface area contributed by atoms with Crippen LogP contribution in [0, 0.1) is 10.1 Å². The van der Waals surface area contributed by atoms with Crippen LogP contribution < -0.4 is 0 Å². The first-order chi connectivity index (χ1) is 9.49. The van der Waals surface area contributed by atoms with E-state index in [1.165, 1.54) is 18.6 Å². The van der Waals surface area contributed by atoms with Crippen LogP contribution in [0.4, 0.5) is 5.69 Å². The Labute approximate surface area is 119 Å². The van der Waals surface area contributed by atoms with E-state index < -0.39 is 11.0 Å². The summed E-state index contributed by atoms with van der Waals surface area (Å²) in [5.74, 6) is 0. The van der Waals surface area contributed by atoms with Gasteiger partial charge in [-0.1, -0.05) is 18.6 Å². The Morgan fingerprint density at radius 3 is 2.65 bits per heavy atom. The zero-order chi connectivity index (χ0) is 14.7. The minimum absolute atomic E-state index is 0.0290. The number of piperidine rings is 1. The summed E-state index contributed by atoms with van der Waals surface area (Å²) in [6.07, 6.45) is 2.84. The van der Waals surface area contributed by atoms with E-state index in [4.69, 9.17) is 0 Å². The number of non-ortho nitro benzene ring substituents is 1. The standard InChI is InChI=1S/C15H22N2O3/c1-11-5-3-6-12(2)16(11)10-15(18)13-7-4-8-14(9-13)17(19)20/h4,7-9,11-12,15,18H,3,5-6,10H2,1-2H3. The van der Waals surface area contributed by atoms with Crippen molar-refractivity contribution < 1.29 is 10.0 Å². The molecule has 1 aliphatic rings. The van der Waals surface area contributed by atoms with Crippen molar-refractivity contribution in [2.45, 2.75) is 51.3 Å². The zero-order valence-electron chi connectivity index (χ0n) is 12.0. The quantitative estimate of drug-likeness (QED) is 0.679. The molecule has 0 spiro atoms. The highest BCUT2D eigenvalue weighted by Gasteiger charge is 2.27. The van der Waals surface area contributed by atoms with E-state index >= 15 is 0 Å². The Kier molecular flexibility index (Phi) is 4.73. The molecule has 0 saturated carbocycles. The molecule has 1 heterocycles. The van der Waals surface area contributed by atoms with Gasteiger partial charge in [-0.05, 0) is 32.3 Å². The number of rotatable bonds is 4. The van der Waals surface area contributed by atoms with Crippen molar-refractivity contribution >= 4 is 5.69 Å². The molecule has 5 nitrogen and oxygen atoms in total. The summed E-state index contributed by atoms with van der Waals surface area (Å²) < 4.78 is 0. The maximum absolute atomic E-state index is 10.8. The van der Waals surface area contributed by atoms with Gasteiger partial charge in [-0.3, -0.25) is 15.0 Å². The summed E-state index contributed by atoms with van der Waals surface area (Å²) in [7, 11) is 0. The number of aliphatic hydroxyl groups is 1. The molecule has 1 fully saturated rings. The maximum Gasteiger partial charge on any atom is 0.269 e. The van der Waals surface area contributed by atoms with Crippen LogP contribution in [0.25, 0.3) is 0 Å². The molecule has 3 atom stereocenters. The number of nitrogens with zero attached hydrogens (tertiary/aromatic N) is 2. The van der Waals surface area contributed by atoms with Gasteiger partial charge in [0.25, 0.3) is 5.69 Å². The fourth-order valence-electron chi connectivity index (χ4n) is 2.99. The third-order valence-electron chi connectivity index (χ3n) is 4.23. The van der Waals surface area contributed by atoms with Crippen molar-refractivity contribution in [2.75, 3.05) is 6.54 Å². The van der Waals surface area contributed by atoms with Gasteiger partial charge in [0, 0.05) is 30.8 Å². The lowest BCUT2D eigenvalue weighted by molar-refractivity contribution is -0.385. The molecule has 1 saturated heterocycles. The van der Waals surface area contributed by atoms with Crippen molar-refractivity contribution in [3.8, 4) is 0 Å². The van der Waals surface area contributed by atoms with Gasteiger partial charge in [0.1, 0.15) is 0 Å². The summed E-state index contributed by atoms with van der Waals surface area (Å²) in [6.45, 7) is 4.88. The number of β-amino-alcohol motifs (C(OH)–C–C–N with tert-alkyl or cyclic N) is 1. The Balaban J connectivity index is 2.09. The van der Waals surface area contributed by atoms with Gasteiger partial charge < -0.3 is 5.11 Å². The smallest absolute Gasteiger partial charge is 0.269 e. The summed E-state index contributed by atoms with van der Waals surface area (Å²) in [5, 5.41) is 21.1. The lowest BCUT2D eigenvalue weighted by atomic mass is 9.96. The summed E-state index contributed by atoms with van der Waals surface area (Å²) >= 11 is 0. The molecule has 0 aliphatic carbocycles. The molecule has 0 radical (unpaired) electrons. The summed E-state index contributed by atoms with van der Waals surface area (Å²) in [4.78, 5) is 12.7. The van der Waals surface area contributed by atoms with Crippen molar-refractivity contribution in [3.63, 3.8) is 0 Å². The highest BCUT2D eigenvalue weighted by molar-refractivity contribution is 5.35. The van der Waals surface area contributed by atoms with Crippen LogP contribution in [0.5, 0.6) is 0 Å². The molecule has 0 amide bonds. The van der Waals surface area contributed by atoms with E-state index in [-0.39, 0.29) is 5.69 Å². The van der Waals surface area contributed by atoms with Crippen LogP contribution >= 0.6 is 0 Å². The van der Waals surface area contributed by atoms with E-state index in [1.807, 2.05) is 0 Å². The van der Waals surface area contributed by atoms with Crippen LogP contribution in [0.1, 0.15) is 44.8 Å². The van der Waals surface area contributed by atoms with Crippen LogP contribution in [0.2, 0.25) is 0 Å². The van der Waals surface area contributed by atoms with E-state index in [9.17, 15) is 15.2 Å². The maximum atomic E-state index is 10.8. The average molecular weight is 278 g/mol. The number of hydrogen-bond donors (Lipinski definition) is 1. The minimum Gasteiger partial charge on any atom is -0.387 e. The third kappa shape index (κ3) is 3.35. The molecule has 0 aromatic heterocycles. The lowest BCUT2D eigenvalue weighted by Gasteiger charge is -2.40. The Morgan fingerprint density at radius 2 is 2.05 bits per heavy atom. The molecule has 1 aromatic carbocycles. The Bertz CT molecular complexity index is 468. The monoisotopic (exact) mass is 278 g/mol. The fourth-order valence-corrected chi connectivity index (χ4v) is 2.99. The molecule has 1 N–H and O–H groups in total. The molecular formula is C15H22N2O3. The van der Waals surface area contributed by atoms with Gasteiger partial charge >= 0.3 is 0 Å². The van der Waals surface area contributed by atoms with Crippen LogP contribution in [0.3, 0.4) is 0 Å². The largest absolute Gasteiger partial charge is 0.387 e. The first-order valence-electron chi connectivity index (χ1n) is 7.17. The van der Waals surface area contributed by atoms with Crippen LogP contribution in [-0.4, -0.2) is 33.6 Å². The van der Waals surface area contributed by atoms with Crippen molar-refractivity contribution in [1.29, 1.82) is 0 Å². The molecule has 1 aliphatic heterocycles. The zero-order valence-corrected chi connectivity index (χ0v) is 12.0. The average Bonchev–Trinajstić information content (AvgIpc) is 2.43. The van der Waals surface area contributed by atoms with Gasteiger partial charge in [0.15, 0.2) is 0 Å². The van der Waals surface area contributed by atoms with E-state index in [0.29, 0.717) is 24.2 Å². The number of nitro groups is 1. The first kappa shape index (κ1) is 14.9. The lowest BCUT2D eigenvalue weighted by Crippen LogP contribution is -2.45. The van der Waals surface area contributed by atoms with Gasteiger partial charge in [-0.2, -0.15) is 0 Å². The molecule has 5 heteroatoms. The van der Waals surface area contributed by atoms with E-state index in [2.05, 4.69) is 18.7 Å². The SMILES string of the molecule is CC1CCCC(C)N1CC(O)c1cccc([N+](=O)[O-])c1. The third-order valence-corrected chi connectivity index (χ3v) is 4.23. The molecule has 1 aromatic rings. The number of benzene rings is 1. The second-order valence-corrected chi connectivity index (χ2v) is 5.69. The van der Waals surface area contributed by atoms with Gasteiger partial charge in [-0.15, -0.1) is 0 Å². The molecule has 110 valence electrons. The molecule has 0 bridgehead atoms. The second kappa shape index (κ2) is 6.33. The Hall–Kier alpha value is -1.46. The highest BCUT2D eigenvalue weighted by atomic mass is 16.6. The van der Waals surface area contributed by atoms with Gasteiger partial charge in [-0.25, -0.2) is 0 Å². The predicted molar refractivity (Wildman–Crippen MR) is 77.5 cm³/mol. The van der Waals surface area contributed by atoms with Gasteiger partial charge in [0.05, 0.1) is 11.0 Å². The number of aliphatic hydroxyl groups excluding tert-OH is 1. The van der Waals surface area contributed by atoms with Gasteiger partial charge in [0.2, 0.25) is 0 Å². The molecule has 2 rings (SSSR count). The number of hydrogen-bond acceptors (Lipinski definition) is 4. The Morgan fingerprint density at radius 1 is 1.40 bits per heavy atom. The van der Waals surface area contributed by atoms with Crippen LogP contribution in [-0.2, 0) is 0 Å². The fraction of sp³-hybridized carbons (Fsp3) is 0.600. The number of nitro benzene ring substituents is 1. The van der Waals surface area contributed by atoms with E-state index in [0.717, 1.165) is 12.8 Å². The second-order valence-electron chi connectivity index (χ2n) is 5.69. The van der Waals surface area contributed by atoms with E-state index in [1.54, 1.807) is 12.1 Å².